The number of alkyl halides is 3. The minimum absolute atomic E-state index is 0.511. The normalized spacial score (nSPS) is 12.1. The summed E-state index contributed by atoms with van der Waals surface area (Å²) >= 11 is 0. The third-order valence-electron chi connectivity index (χ3n) is 3.27. The molecule has 1 N–H and O–H groups in total. The van der Waals surface area contributed by atoms with Crippen LogP contribution in [0.4, 0.5) is 13.2 Å². The van der Waals surface area contributed by atoms with Crippen LogP contribution in [0, 0.1) is 5.92 Å². The molecule has 1 aromatic carbocycles. The van der Waals surface area contributed by atoms with Crippen molar-refractivity contribution >= 4 is 0 Å². The van der Waals surface area contributed by atoms with Gasteiger partial charge in [0.2, 0.25) is 0 Å². The van der Waals surface area contributed by atoms with Crippen molar-refractivity contribution in [2.75, 3.05) is 6.54 Å². The average Bonchev–Trinajstić information content (AvgIpc) is 2.85. The first-order chi connectivity index (χ1) is 10.4. The van der Waals surface area contributed by atoms with E-state index in [1.807, 2.05) is 10.8 Å². The van der Waals surface area contributed by atoms with E-state index in [0.717, 1.165) is 30.1 Å². The van der Waals surface area contributed by atoms with E-state index in [9.17, 15) is 13.2 Å². The van der Waals surface area contributed by atoms with Gasteiger partial charge in [-0.2, -0.15) is 13.2 Å². The predicted octanol–water partition coefficient (Wildman–Crippen LogP) is 3.70. The topological polar surface area (TPSA) is 29.9 Å². The number of rotatable bonds is 6. The number of hydrogen-bond acceptors (Lipinski definition) is 2. The second kappa shape index (κ2) is 6.96. The highest BCUT2D eigenvalue weighted by Gasteiger charge is 2.29. The van der Waals surface area contributed by atoms with Gasteiger partial charge in [-0.25, -0.2) is 4.98 Å². The zero-order valence-corrected chi connectivity index (χ0v) is 12.7. The molecule has 3 nitrogen and oxygen atoms in total. The molecule has 0 fully saturated rings. The summed E-state index contributed by atoms with van der Waals surface area (Å²) in [5, 5.41) is 3.31. The highest BCUT2D eigenvalue weighted by atomic mass is 19.4. The maximum absolute atomic E-state index is 12.5. The number of hydrogen-bond donors (Lipinski definition) is 1. The van der Waals surface area contributed by atoms with Crippen LogP contribution >= 0.6 is 0 Å². The Morgan fingerprint density at radius 3 is 2.45 bits per heavy atom. The first-order valence-corrected chi connectivity index (χ1v) is 7.23. The zero-order chi connectivity index (χ0) is 16.2. The van der Waals surface area contributed by atoms with Crippen LogP contribution in [0.2, 0.25) is 0 Å². The first-order valence-electron chi connectivity index (χ1n) is 7.23. The Balaban J connectivity index is 2.00. The van der Waals surface area contributed by atoms with Crippen molar-refractivity contribution in [3.63, 3.8) is 0 Å². The molecular formula is C16H20F3N3. The van der Waals surface area contributed by atoms with Crippen molar-refractivity contribution in [2.24, 2.45) is 5.92 Å². The van der Waals surface area contributed by atoms with Gasteiger partial charge in [-0.3, -0.25) is 0 Å². The molecule has 22 heavy (non-hydrogen) atoms. The summed E-state index contributed by atoms with van der Waals surface area (Å²) in [4.78, 5) is 4.29. The molecule has 2 aromatic rings. The Morgan fingerprint density at radius 1 is 1.18 bits per heavy atom. The van der Waals surface area contributed by atoms with Gasteiger partial charge in [0.25, 0.3) is 0 Å². The Hall–Kier alpha value is -1.82. The minimum atomic E-state index is -4.29. The molecule has 6 heteroatoms. The molecule has 0 unspecified atom stereocenters. The number of nitrogens with one attached hydrogen (secondary N) is 1. The first kappa shape index (κ1) is 16.5. The fourth-order valence-electron chi connectivity index (χ4n) is 2.12. The van der Waals surface area contributed by atoms with E-state index in [1.54, 1.807) is 6.20 Å². The van der Waals surface area contributed by atoms with Gasteiger partial charge in [-0.1, -0.05) is 26.0 Å². The van der Waals surface area contributed by atoms with E-state index in [0.29, 0.717) is 19.0 Å². The van der Waals surface area contributed by atoms with E-state index in [4.69, 9.17) is 0 Å². The molecule has 0 aliphatic rings. The van der Waals surface area contributed by atoms with Gasteiger partial charge in [0.15, 0.2) is 0 Å². The van der Waals surface area contributed by atoms with Crippen LogP contribution < -0.4 is 5.32 Å². The summed E-state index contributed by atoms with van der Waals surface area (Å²) in [7, 11) is 0. The molecule has 1 aromatic heterocycles. The molecule has 0 amide bonds. The van der Waals surface area contributed by atoms with Gasteiger partial charge in [-0.05, 0) is 30.2 Å². The van der Waals surface area contributed by atoms with Crippen molar-refractivity contribution < 1.29 is 13.2 Å². The molecule has 0 bridgehead atoms. The second-order valence-electron chi connectivity index (χ2n) is 5.69. The van der Waals surface area contributed by atoms with Gasteiger partial charge in [0.05, 0.1) is 12.1 Å². The van der Waals surface area contributed by atoms with Crippen LogP contribution in [0.1, 0.15) is 30.8 Å². The van der Waals surface area contributed by atoms with Crippen LogP contribution in [0.3, 0.4) is 0 Å². The average molecular weight is 311 g/mol. The Kier molecular flexibility index (Phi) is 5.24. The largest absolute Gasteiger partial charge is 0.416 e. The fraction of sp³-hybridized carbons (Fsp3) is 0.438. The highest BCUT2D eigenvalue weighted by Crippen LogP contribution is 2.29. The third-order valence-corrected chi connectivity index (χ3v) is 3.27. The highest BCUT2D eigenvalue weighted by molar-refractivity contribution is 5.25. The number of benzene rings is 1. The SMILES string of the molecule is CC(C)CNCc1nccn1Cc1ccc(C(F)(F)F)cc1. The monoisotopic (exact) mass is 311 g/mol. The summed E-state index contributed by atoms with van der Waals surface area (Å²) in [6.45, 7) is 6.30. The Bertz CT molecular complexity index is 585. The Morgan fingerprint density at radius 2 is 1.86 bits per heavy atom. The maximum Gasteiger partial charge on any atom is 0.416 e. The van der Waals surface area contributed by atoms with Crippen molar-refractivity contribution in [1.82, 2.24) is 14.9 Å². The standard InChI is InChI=1S/C16H20F3N3/c1-12(2)9-20-10-15-21-7-8-22(15)11-13-3-5-14(6-4-13)16(17,18)19/h3-8,12,20H,9-11H2,1-2H3. The lowest BCUT2D eigenvalue weighted by Gasteiger charge is -2.11. The second-order valence-corrected chi connectivity index (χ2v) is 5.69. The van der Waals surface area contributed by atoms with E-state index >= 15 is 0 Å². The molecule has 1 heterocycles. The maximum atomic E-state index is 12.5. The fourth-order valence-corrected chi connectivity index (χ4v) is 2.12. The molecule has 0 aliphatic heterocycles. The summed E-state index contributed by atoms with van der Waals surface area (Å²) in [6.07, 6.45) is -0.750. The predicted molar refractivity (Wildman–Crippen MR) is 79.3 cm³/mol. The van der Waals surface area contributed by atoms with Crippen molar-refractivity contribution in [2.45, 2.75) is 33.1 Å². The van der Waals surface area contributed by atoms with Crippen LogP contribution in [0.25, 0.3) is 0 Å². The van der Waals surface area contributed by atoms with Crippen molar-refractivity contribution in [1.29, 1.82) is 0 Å². The van der Waals surface area contributed by atoms with E-state index in [-0.39, 0.29) is 0 Å². The molecule has 0 aliphatic carbocycles. The summed E-state index contributed by atoms with van der Waals surface area (Å²) in [5.74, 6) is 1.43. The van der Waals surface area contributed by atoms with Crippen LogP contribution in [-0.2, 0) is 19.3 Å². The summed E-state index contributed by atoms with van der Waals surface area (Å²) in [6, 6.07) is 5.24. The number of halogens is 3. The quantitative estimate of drug-likeness (QED) is 0.881. The molecule has 0 spiro atoms. The third kappa shape index (κ3) is 4.59. The zero-order valence-electron chi connectivity index (χ0n) is 12.7. The van der Waals surface area contributed by atoms with Crippen LogP contribution in [0.5, 0.6) is 0 Å². The molecule has 0 atom stereocenters. The molecule has 0 radical (unpaired) electrons. The van der Waals surface area contributed by atoms with Gasteiger partial charge < -0.3 is 9.88 Å². The van der Waals surface area contributed by atoms with Gasteiger partial charge in [0.1, 0.15) is 5.82 Å². The van der Waals surface area contributed by atoms with Gasteiger partial charge in [0, 0.05) is 18.9 Å². The van der Waals surface area contributed by atoms with E-state index < -0.39 is 11.7 Å². The van der Waals surface area contributed by atoms with Crippen molar-refractivity contribution in [3.05, 3.63) is 53.6 Å². The molecular weight excluding hydrogens is 291 g/mol. The van der Waals surface area contributed by atoms with Gasteiger partial charge in [-0.15, -0.1) is 0 Å². The van der Waals surface area contributed by atoms with Crippen LogP contribution in [-0.4, -0.2) is 16.1 Å². The van der Waals surface area contributed by atoms with Crippen molar-refractivity contribution in [3.8, 4) is 0 Å². The summed E-state index contributed by atoms with van der Waals surface area (Å²) in [5.41, 5.74) is 0.191. The lowest BCUT2D eigenvalue weighted by atomic mass is 10.1. The molecule has 0 saturated heterocycles. The summed E-state index contributed by atoms with van der Waals surface area (Å²) < 4.78 is 39.6. The van der Waals surface area contributed by atoms with Gasteiger partial charge >= 0.3 is 6.18 Å². The molecule has 2 rings (SSSR count). The molecule has 120 valence electrons. The lowest BCUT2D eigenvalue weighted by molar-refractivity contribution is -0.137. The van der Waals surface area contributed by atoms with E-state index in [2.05, 4.69) is 24.1 Å². The van der Waals surface area contributed by atoms with E-state index in [1.165, 1.54) is 12.1 Å². The lowest BCUT2D eigenvalue weighted by Crippen LogP contribution is -2.21. The number of imidazole rings is 1. The van der Waals surface area contributed by atoms with Crippen LogP contribution in [0.15, 0.2) is 36.7 Å². The minimum Gasteiger partial charge on any atom is -0.329 e. The molecule has 0 saturated carbocycles. The number of nitrogens with zero attached hydrogens (tertiary/aromatic N) is 2. The smallest absolute Gasteiger partial charge is 0.329 e. The Labute approximate surface area is 128 Å². The number of aromatic nitrogens is 2.